The van der Waals surface area contributed by atoms with Crippen molar-refractivity contribution >= 4 is 6.21 Å². The molecule has 0 saturated heterocycles. The summed E-state index contributed by atoms with van der Waals surface area (Å²) in [5.74, 6) is 0. The van der Waals surface area contributed by atoms with Gasteiger partial charge in [-0.3, -0.25) is 0 Å². The molecule has 0 radical (unpaired) electrons. The molecule has 0 saturated carbocycles. The van der Waals surface area contributed by atoms with Gasteiger partial charge in [0.2, 0.25) is 0 Å². The van der Waals surface area contributed by atoms with Crippen LogP contribution in [0.15, 0.2) is 46.8 Å². The molecule has 0 aromatic rings. The second-order valence-electron chi connectivity index (χ2n) is 2.78. The van der Waals surface area contributed by atoms with Crippen LogP contribution < -0.4 is 5.53 Å². The van der Waals surface area contributed by atoms with Crippen molar-refractivity contribution in [2.45, 2.75) is 26.2 Å². The van der Waals surface area contributed by atoms with Crippen molar-refractivity contribution < 1.29 is 0 Å². The molecule has 15 heavy (non-hydrogen) atoms. The molecule has 4 heteroatoms. The number of nitrogens with zero attached hydrogens (tertiary/aromatic N) is 2. The number of hydrazone groups is 1. The first-order chi connectivity index (χ1) is 7.41. The summed E-state index contributed by atoms with van der Waals surface area (Å²) in [6, 6.07) is 0. The van der Waals surface area contributed by atoms with E-state index in [0.29, 0.717) is 0 Å². The van der Waals surface area contributed by atoms with Crippen molar-refractivity contribution in [1.29, 1.82) is 0 Å². The van der Waals surface area contributed by atoms with Crippen LogP contribution in [0.1, 0.15) is 26.2 Å². The van der Waals surface area contributed by atoms with E-state index in [9.17, 15) is 4.91 Å². The van der Waals surface area contributed by atoms with Crippen molar-refractivity contribution in [1.82, 2.24) is 5.53 Å². The lowest BCUT2D eigenvalue weighted by molar-refractivity contribution is 0.804. The Balaban J connectivity index is 3.48. The first-order valence-electron chi connectivity index (χ1n) is 4.99. The molecule has 0 aromatic carbocycles. The summed E-state index contributed by atoms with van der Waals surface area (Å²) in [6.45, 7) is 2.16. The fraction of sp³-hybridized carbons (Fsp3) is 0.364. The number of rotatable bonds is 8. The summed E-state index contributed by atoms with van der Waals surface area (Å²) in [6.07, 6.45) is 16.6. The quantitative estimate of drug-likeness (QED) is 0.218. The molecule has 0 aliphatic carbocycles. The van der Waals surface area contributed by atoms with E-state index in [2.05, 4.69) is 29.5 Å². The fourth-order valence-corrected chi connectivity index (χ4v) is 0.830. The SMILES string of the molecule is CCC/C=C/C\C=C/C=C/C=N/NN=O. The summed E-state index contributed by atoms with van der Waals surface area (Å²) in [4.78, 5) is 9.54. The monoisotopic (exact) mass is 207 g/mol. The average molecular weight is 207 g/mol. The van der Waals surface area contributed by atoms with Crippen LogP contribution >= 0.6 is 0 Å². The van der Waals surface area contributed by atoms with Gasteiger partial charge in [0.1, 0.15) is 0 Å². The highest BCUT2D eigenvalue weighted by molar-refractivity contribution is 5.71. The molecule has 0 spiro atoms. The number of unbranched alkanes of at least 4 members (excludes halogenated alkanes) is 1. The Labute approximate surface area is 90.4 Å². The van der Waals surface area contributed by atoms with Gasteiger partial charge < -0.3 is 0 Å². The molecular weight excluding hydrogens is 190 g/mol. The minimum Gasteiger partial charge on any atom is -0.164 e. The molecule has 1 N–H and O–H groups in total. The molecule has 0 amide bonds. The second kappa shape index (κ2) is 12.3. The lowest BCUT2D eigenvalue weighted by Crippen LogP contribution is -1.89. The van der Waals surface area contributed by atoms with Crippen molar-refractivity contribution in [3.8, 4) is 0 Å². The summed E-state index contributed by atoms with van der Waals surface area (Å²) < 4.78 is 0. The summed E-state index contributed by atoms with van der Waals surface area (Å²) in [5, 5.41) is 5.81. The Bertz CT molecular complexity index is 255. The van der Waals surface area contributed by atoms with E-state index < -0.39 is 0 Å². The predicted molar refractivity (Wildman–Crippen MR) is 64.4 cm³/mol. The highest BCUT2D eigenvalue weighted by Crippen LogP contribution is 1.92. The van der Waals surface area contributed by atoms with E-state index in [4.69, 9.17) is 0 Å². The largest absolute Gasteiger partial charge is 0.164 e. The molecule has 0 unspecified atom stereocenters. The van der Waals surface area contributed by atoms with Crippen LogP contribution in [-0.4, -0.2) is 6.21 Å². The van der Waals surface area contributed by atoms with E-state index >= 15 is 0 Å². The van der Waals surface area contributed by atoms with Crippen LogP contribution in [-0.2, 0) is 0 Å². The zero-order chi connectivity index (χ0) is 11.2. The zero-order valence-electron chi connectivity index (χ0n) is 8.97. The smallest absolute Gasteiger partial charge is 0.0722 e. The molecular formula is C11H17N3O. The third kappa shape index (κ3) is 12.3. The summed E-state index contributed by atoms with van der Waals surface area (Å²) in [7, 11) is 0. The van der Waals surface area contributed by atoms with Gasteiger partial charge in [0.25, 0.3) is 0 Å². The normalized spacial score (nSPS) is 12.3. The third-order valence-electron chi connectivity index (χ3n) is 1.51. The second-order valence-corrected chi connectivity index (χ2v) is 2.78. The van der Waals surface area contributed by atoms with Gasteiger partial charge in [-0.15, -0.1) is 4.91 Å². The van der Waals surface area contributed by atoms with Crippen LogP contribution in [0.2, 0.25) is 0 Å². The minimum absolute atomic E-state index is 0.940. The summed E-state index contributed by atoms with van der Waals surface area (Å²) >= 11 is 0. The van der Waals surface area contributed by atoms with E-state index in [1.807, 2.05) is 23.8 Å². The van der Waals surface area contributed by atoms with Crippen LogP contribution in [0, 0.1) is 4.91 Å². The van der Waals surface area contributed by atoms with E-state index in [1.54, 1.807) is 6.08 Å². The standard InChI is InChI=1S/C11H17N3O/c1-2-3-4-5-6-7-8-9-10-11-12-13-14-15/h4-5,7-11H,2-3,6H2,1H3,(H,13,15)/b5-4+,8-7-,10-9+,12-11+. The van der Waals surface area contributed by atoms with Gasteiger partial charge in [0.05, 0.1) is 5.29 Å². The van der Waals surface area contributed by atoms with Crippen LogP contribution in [0.5, 0.6) is 0 Å². The van der Waals surface area contributed by atoms with Gasteiger partial charge in [-0.1, -0.05) is 43.7 Å². The van der Waals surface area contributed by atoms with Crippen LogP contribution in [0.4, 0.5) is 0 Å². The molecule has 0 rings (SSSR count). The molecule has 82 valence electrons. The van der Waals surface area contributed by atoms with Gasteiger partial charge in [0.15, 0.2) is 0 Å². The Morgan fingerprint density at radius 2 is 2.00 bits per heavy atom. The van der Waals surface area contributed by atoms with Gasteiger partial charge >= 0.3 is 0 Å². The third-order valence-corrected chi connectivity index (χ3v) is 1.51. The topological polar surface area (TPSA) is 53.8 Å². The number of hydrogen-bond acceptors (Lipinski definition) is 3. The van der Waals surface area contributed by atoms with E-state index in [1.165, 1.54) is 12.6 Å². The lowest BCUT2D eigenvalue weighted by atomic mass is 10.2. The zero-order valence-corrected chi connectivity index (χ0v) is 8.97. The van der Waals surface area contributed by atoms with Crippen LogP contribution in [0.3, 0.4) is 0 Å². The Morgan fingerprint density at radius 1 is 1.13 bits per heavy atom. The molecule has 0 aromatic heterocycles. The van der Waals surface area contributed by atoms with E-state index in [0.717, 1.165) is 12.8 Å². The first kappa shape index (κ1) is 13.3. The van der Waals surface area contributed by atoms with Crippen molar-refractivity contribution in [3.63, 3.8) is 0 Å². The number of allylic oxidation sites excluding steroid dienone is 6. The summed E-state index contributed by atoms with van der Waals surface area (Å²) in [5.41, 5.74) is 1.93. The minimum atomic E-state index is 0.940. The maximum Gasteiger partial charge on any atom is 0.0722 e. The maximum absolute atomic E-state index is 9.54. The van der Waals surface area contributed by atoms with Gasteiger partial charge in [-0.2, -0.15) is 10.6 Å². The molecule has 4 nitrogen and oxygen atoms in total. The average Bonchev–Trinajstić information content (AvgIpc) is 2.26. The maximum atomic E-state index is 9.54. The van der Waals surface area contributed by atoms with Crippen molar-refractivity contribution in [2.75, 3.05) is 0 Å². The van der Waals surface area contributed by atoms with E-state index in [-0.39, 0.29) is 0 Å². The van der Waals surface area contributed by atoms with Gasteiger partial charge in [0, 0.05) is 6.21 Å². The number of nitrogens with one attached hydrogen (secondary N) is 1. The molecule has 0 heterocycles. The number of hydrogen-bond donors (Lipinski definition) is 1. The molecule has 0 aliphatic heterocycles. The Hall–Kier alpha value is -1.71. The van der Waals surface area contributed by atoms with Crippen molar-refractivity contribution in [3.05, 3.63) is 41.4 Å². The highest BCUT2D eigenvalue weighted by Gasteiger charge is 1.72. The Kier molecular flexibility index (Phi) is 10.9. The Morgan fingerprint density at radius 3 is 2.73 bits per heavy atom. The number of nitroso groups, excluding NO2 is 1. The molecule has 0 aliphatic rings. The molecule has 0 bridgehead atoms. The van der Waals surface area contributed by atoms with Gasteiger partial charge in [-0.25, -0.2) is 0 Å². The molecule has 0 atom stereocenters. The first-order valence-corrected chi connectivity index (χ1v) is 4.99. The van der Waals surface area contributed by atoms with Crippen LogP contribution in [0.25, 0.3) is 0 Å². The highest BCUT2D eigenvalue weighted by atomic mass is 16.3. The van der Waals surface area contributed by atoms with Crippen molar-refractivity contribution in [2.24, 2.45) is 10.4 Å². The fourth-order valence-electron chi connectivity index (χ4n) is 0.830. The van der Waals surface area contributed by atoms with Gasteiger partial charge in [-0.05, 0) is 18.9 Å². The predicted octanol–water partition coefficient (Wildman–Crippen LogP) is 3.10. The molecule has 0 fully saturated rings. The lowest BCUT2D eigenvalue weighted by Gasteiger charge is -1.82.